The summed E-state index contributed by atoms with van der Waals surface area (Å²) < 4.78 is 6.82. The zero-order chi connectivity index (χ0) is 20.1. The molecular formula is C22H17BrN4O2. The lowest BCUT2D eigenvalue weighted by Gasteiger charge is -2.16. The third-order valence-corrected chi connectivity index (χ3v) is 4.75. The second-order valence-electron chi connectivity index (χ2n) is 6.26. The molecule has 144 valence electrons. The first-order valence-corrected chi connectivity index (χ1v) is 9.75. The van der Waals surface area contributed by atoms with Gasteiger partial charge in [0, 0.05) is 15.7 Å². The van der Waals surface area contributed by atoms with Crippen LogP contribution in [-0.2, 0) is 0 Å². The SMILES string of the molecule is O=C(Nc1ccc(Br)cc1)N[C@H](c1ccccc1)c1nnc(-c2ccccc2)o1. The molecule has 0 aliphatic heterocycles. The molecule has 2 N–H and O–H groups in total. The van der Waals surface area contributed by atoms with Gasteiger partial charge in [-0.3, -0.25) is 0 Å². The van der Waals surface area contributed by atoms with Gasteiger partial charge in [0.2, 0.25) is 11.8 Å². The predicted molar refractivity (Wildman–Crippen MR) is 114 cm³/mol. The molecule has 4 aromatic rings. The molecule has 3 aromatic carbocycles. The minimum absolute atomic E-state index is 0.306. The summed E-state index contributed by atoms with van der Waals surface area (Å²) in [5.74, 6) is 0.706. The average Bonchev–Trinajstić information content (AvgIpc) is 3.25. The van der Waals surface area contributed by atoms with Gasteiger partial charge in [-0.25, -0.2) is 4.79 Å². The molecule has 29 heavy (non-hydrogen) atoms. The Bertz CT molecular complexity index is 1080. The predicted octanol–water partition coefficient (Wildman–Crippen LogP) is 5.41. The normalized spacial score (nSPS) is 11.6. The van der Waals surface area contributed by atoms with Crippen molar-refractivity contribution in [2.24, 2.45) is 0 Å². The average molecular weight is 449 g/mol. The topological polar surface area (TPSA) is 80.0 Å². The molecule has 7 heteroatoms. The first-order valence-electron chi connectivity index (χ1n) is 8.96. The number of benzene rings is 3. The number of carbonyl (C=O) groups is 1. The molecular weight excluding hydrogens is 432 g/mol. The van der Waals surface area contributed by atoms with Crippen LogP contribution >= 0.6 is 15.9 Å². The first kappa shape index (κ1) is 18.9. The highest BCUT2D eigenvalue weighted by Crippen LogP contribution is 2.25. The second kappa shape index (κ2) is 8.70. The molecule has 1 atom stereocenters. The van der Waals surface area contributed by atoms with E-state index in [1.807, 2.05) is 72.8 Å². The van der Waals surface area contributed by atoms with Gasteiger partial charge in [-0.15, -0.1) is 10.2 Å². The lowest BCUT2D eigenvalue weighted by Crippen LogP contribution is -2.33. The van der Waals surface area contributed by atoms with Crippen molar-refractivity contribution in [1.82, 2.24) is 15.5 Å². The molecule has 0 fully saturated rings. The van der Waals surface area contributed by atoms with Crippen LogP contribution in [0.4, 0.5) is 10.5 Å². The van der Waals surface area contributed by atoms with Crippen molar-refractivity contribution in [2.75, 3.05) is 5.32 Å². The maximum Gasteiger partial charge on any atom is 0.320 e. The molecule has 0 radical (unpaired) electrons. The summed E-state index contributed by atoms with van der Waals surface area (Å²) in [7, 11) is 0. The van der Waals surface area contributed by atoms with Crippen LogP contribution in [0.1, 0.15) is 17.5 Å². The maximum atomic E-state index is 12.6. The van der Waals surface area contributed by atoms with Gasteiger partial charge >= 0.3 is 6.03 Å². The van der Waals surface area contributed by atoms with Crippen molar-refractivity contribution >= 4 is 27.6 Å². The first-order chi connectivity index (χ1) is 14.2. The lowest BCUT2D eigenvalue weighted by atomic mass is 10.1. The molecule has 0 spiro atoms. The number of hydrogen-bond acceptors (Lipinski definition) is 4. The van der Waals surface area contributed by atoms with E-state index in [9.17, 15) is 4.79 Å². The number of rotatable bonds is 5. The fourth-order valence-corrected chi connectivity index (χ4v) is 3.08. The molecule has 2 amide bonds. The van der Waals surface area contributed by atoms with E-state index in [4.69, 9.17) is 4.42 Å². The lowest BCUT2D eigenvalue weighted by molar-refractivity contribution is 0.248. The molecule has 1 heterocycles. The summed E-state index contributed by atoms with van der Waals surface area (Å²) in [6.45, 7) is 0. The Kier molecular flexibility index (Phi) is 5.67. The maximum absolute atomic E-state index is 12.6. The summed E-state index contributed by atoms with van der Waals surface area (Å²) >= 11 is 3.38. The van der Waals surface area contributed by atoms with E-state index in [2.05, 4.69) is 36.8 Å². The molecule has 0 bridgehead atoms. The Morgan fingerprint density at radius 1 is 0.862 bits per heavy atom. The largest absolute Gasteiger partial charge is 0.418 e. The van der Waals surface area contributed by atoms with Crippen molar-refractivity contribution in [2.45, 2.75) is 6.04 Å². The van der Waals surface area contributed by atoms with Crippen LogP contribution in [0.25, 0.3) is 11.5 Å². The van der Waals surface area contributed by atoms with Crippen molar-refractivity contribution in [3.8, 4) is 11.5 Å². The van der Waals surface area contributed by atoms with E-state index >= 15 is 0 Å². The van der Waals surface area contributed by atoms with Crippen LogP contribution in [-0.4, -0.2) is 16.2 Å². The number of hydrogen-bond donors (Lipinski definition) is 2. The zero-order valence-electron chi connectivity index (χ0n) is 15.2. The molecule has 6 nitrogen and oxygen atoms in total. The van der Waals surface area contributed by atoms with E-state index in [1.54, 1.807) is 12.1 Å². The summed E-state index contributed by atoms with van der Waals surface area (Å²) in [5, 5.41) is 14.1. The van der Waals surface area contributed by atoms with Gasteiger partial charge in [0.15, 0.2) is 0 Å². The Hall–Kier alpha value is -3.45. The molecule has 0 saturated heterocycles. The highest BCUT2D eigenvalue weighted by molar-refractivity contribution is 9.10. The fraction of sp³-hybridized carbons (Fsp3) is 0.0455. The fourth-order valence-electron chi connectivity index (χ4n) is 2.81. The van der Waals surface area contributed by atoms with E-state index in [0.717, 1.165) is 15.6 Å². The molecule has 0 aliphatic rings. The van der Waals surface area contributed by atoms with Crippen molar-refractivity contribution in [3.05, 3.63) is 101 Å². The van der Waals surface area contributed by atoms with E-state index in [0.29, 0.717) is 17.5 Å². The summed E-state index contributed by atoms with van der Waals surface area (Å²) in [5.41, 5.74) is 2.33. The van der Waals surface area contributed by atoms with E-state index < -0.39 is 6.04 Å². The summed E-state index contributed by atoms with van der Waals surface area (Å²) in [4.78, 5) is 12.6. The van der Waals surface area contributed by atoms with Crippen LogP contribution in [0.15, 0.2) is 93.8 Å². The molecule has 0 unspecified atom stereocenters. The summed E-state index contributed by atoms with van der Waals surface area (Å²) in [6, 6.07) is 25.4. The van der Waals surface area contributed by atoms with Crippen LogP contribution in [0.5, 0.6) is 0 Å². The Morgan fingerprint density at radius 2 is 1.52 bits per heavy atom. The van der Waals surface area contributed by atoms with Crippen LogP contribution in [0.2, 0.25) is 0 Å². The van der Waals surface area contributed by atoms with Crippen molar-refractivity contribution in [3.63, 3.8) is 0 Å². The highest BCUT2D eigenvalue weighted by atomic mass is 79.9. The number of carbonyl (C=O) groups excluding carboxylic acids is 1. The van der Waals surface area contributed by atoms with Gasteiger partial charge in [0.25, 0.3) is 0 Å². The van der Waals surface area contributed by atoms with Crippen molar-refractivity contribution in [1.29, 1.82) is 0 Å². The Morgan fingerprint density at radius 3 is 2.21 bits per heavy atom. The van der Waals surface area contributed by atoms with E-state index in [-0.39, 0.29) is 6.03 Å². The molecule has 0 saturated carbocycles. The van der Waals surface area contributed by atoms with Gasteiger partial charge in [-0.05, 0) is 42.0 Å². The third-order valence-electron chi connectivity index (χ3n) is 4.22. The number of nitrogens with zero attached hydrogens (tertiary/aromatic N) is 2. The Balaban J connectivity index is 1.58. The standard InChI is InChI=1S/C22H17BrN4O2/c23-17-11-13-18(14-12-17)24-22(28)25-19(15-7-3-1-4-8-15)21-27-26-20(29-21)16-9-5-2-6-10-16/h1-14,19H,(H2,24,25,28)/t19-/m1/s1. The quantitative estimate of drug-likeness (QED) is 0.427. The molecule has 1 aromatic heterocycles. The number of amides is 2. The number of aromatic nitrogens is 2. The van der Waals surface area contributed by atoms with Gasteiger partial charge in [0.1, 0.15) is 6.04 Å². The third kappa shape index (κ3) is 4.70. The highest BCUT2D eigenvalue weighted by Gasteiger charge is 2.23. The zero-order valence-corrected chi connectivity index (χ0v) is 16.8. The Labute approximate surface area is 176 Å². The summed E-state index contributed by atoms with van der Waals surface area (Å²) in [6.07, 6.45) is 0. The van der Waals surface area contributed by atoms with Crippen LogP contribution in [0.3, 0.4) is 0 Å². The van der Waals surface area contributed by atoms with Crippen molar-refractivity contribution < 1.29 is 9.21 Å². The number of anilines is 1. The van der Waals surface area contributed by atoms with Gasteiger partial charge in [-0.2, -0.15) is 0 Å². The van der Waals surface area contributed by atoms with Crippen LogP contribution < -0.4 is 10.6 Å². The monoisotopic (exact) mass is 448 g/mol. The van der Waals surface area contributed by atoms with Gasteiger partial charge in [-0.1, -0.05) is 64.5 Å². The van der Waals surface area contributed by atoms with Gasteiger partial charge < -0.3 is 15.1 Å². The molecule has 4 rings (SSSR count). The number of halogens is 1. The number of urea groups is 1. The minimum atomic E-state index is -0.586. The minimum Gasteiger partial charge on any atom is -0.418 e. The van der Waals surface area contributed by atoms with Gasteiger partial charge in [0.05, 0.1) is 0 Å². The molecule has 0 aliphatic carbocycles. The second-order valence-corrected chi connectivity index (χ2v) is 7.18. The number of nitrogens with one attached hydrogen (secondary N) is 2. The smallest absolute Gasteiger partial charge is 0.320 e. The van der Waals surface area contributed by atoms with E-state index in [1.165, 1.54) is 0 Å². The van der Waals surface area contributed by atoms with Crippen LogP contribution in [0, 0.1) is 0 Å².